The Hall–Kier alpha value is -2.15. The molecule has 2 heterocycles. The minimum absolute atomic E-state index is 0.0119. The predicted octanol–water partition coefficient (Wildman–Crippen LogP) is 2.79. The number of carbonyl (C=O) groups is 1. The second kappa shape index (κ2) is 10.6. The maximum atomic E-state index is 13.0. The number of halogens is 3. The predicted molar refractivity (Wildman–Crippen MR) is 112 cm³/mol. The number of aromatic nitrogens is 1. The first-order valence-electron chi connectivity index (χ1n) is 9.70. The summed E-state index contributed by atoms with van der Waals surface area (Å²) < 4.78 is 70.6. The van der Waals surface area contributed by atoms with Gasteiger partial charge in [0.15, 0.2) is 0 Å². The first-order valence-corrected chi connectivity index (χ1v) is 12.1. The molecule has 0 N–H and O–H groups in total. The summed E-state index contributed by atoms with van der Waals surface area (Å²) in [4.78, 5) is 17.3. The first-order chi connectivity index (χ1) is 15.1. The number of thioether (sulfide) groups is 1. The molecule has 2 aromatic rings. The number of carbonyl (C=O) groups excluding carboxylic acids is 1. The molecule has 7 nitrogen and oxygen atoms in total. The van der Waals surface area contributed by atoms with Crippen LogP contribution >= 0.6 is 11.8 Å². The fraction of sp³-hybridized carbons (Fsp3) is 0.400. The Morgan fingerprint density at radius 2 is 1.81 bits per heavy atom. The summed E-state index contributed by atoms with van der Waals surface area (Å²) in [6, 6.07) is 11.2. The summed E-state index contributed by atoms with van der Waals surface area (Å²) in [5.41, 5.74) is 0.589. The van der Waals surface area contributed by atoms with Crippen molar-refractivity contribution in [2.75, 3.05) is 38.6 Å². The fourth-order valence-electron chi connectivity index (χ4n) is 3.02. The lowest BCUT2D eigenvalue weighted by Crippen LogP contribution is -2.40. The number of rotatable bonds is 8. The lowest BCUT2D eigenvalue weighted by Gasteiger charge is -2.25. The third-order valence-electron chi connectivity index (χ3n) is 4.60. The second-order valence-corrected chi connectivity index (χ2v) is 9.92. The van der Waals surface area contributed by atoms with E-state index in [4.69, 9.17) is 4.74 Å². The van der Waals surface area contributed by atoms with Crippen molar-refractivity contribution in [2.45, 2.75) is 22.6 Å². The molecule has 0 atom stereocenters. The van der Waals surface area contributed by atoms with E-state index in [0.717, 1.165) is 16.7 Å². The zero-order valence-corrected chi connectivity index (χ0v) is 18.6. The number of nitrogens with zero attached hydrogens (tertiary/aromatic N) is 3. The molecule has 1 aromatic carbocycles. The normalized spacial score (nSPS) is 15.5. The number of hydrogen-bond donors (Lipinski definition) is 0. The van der Waals surface area contributed by atoms with Crippen LogP contribution in [0.5, 0.6) is 0 Å². The van der Waals surface area contributed by atoms with Crippen LogP contribution in [0.3, 0.4) is 0 Å². The molecule has 3 rings (SSSR count). The smallest absolute Gasteiger partial charge is 0.379 e. The van der Waals surface area contributed by atoms with Crippen molar-refractivity contribution >= 4 is 27.7 Å². The highest BCUT2D eigenvalue weighted by Crippen LogP contribution is 2.23. The van der Waals surface area contributed by atoms with Gasteiger partial charge in [0, 0.05) is 25.8 Å². The Labute approximate surface area is 188 Å². The van der Waals surface area contributed by atoms with Crippen LogP contribution in [0.2, 0.25) is 0 Å². The van der Waals surface area contributed by atoms with Crippen LogP contribution in [0.15, 0.2) is 58.6 Å². The van der Waals surface area contributed by atoms with Crippen LogP contribution in [0, 0.1) is 0 Å². The molecule has 0 bridgehead atoms. The summed E-state index contributed by atoms with van der Waals surface area (Å²) in [6.07, 6.45) is -3.34. The number of amides is 1. The quantitative estimate of drug-likeness (QED) is 0.531. The molecular weight excluding hydrogens is 467 g/mol. The third-order valence-corrected chi connectivity index (χ3v) is 7.41. The van der Waals surface area contributed by atoms with Crippen LogP contribution < -0.4 is 0 Å². The summed E-state index contributed by atoms with van der Waals surface area (Å²) >= 11 is 0.950. The van der Waals surface area contributed by atoms with Crippen molar-refractivity contribution in [3.63, 3.8) is 0 Å². The van der Waals surface area contributed by atoms with E-state index < -0.39 is 28.7 Å². The number of hydrogen-bond acceptors (Lipinski definition) is 6. The van der Waals surface area contributed by atoms with Crippen LogP contribution in [0.1, 0.15) is 5.56 Å². The fourth-order valence-corrected chi connectivity index (χ4v) is 5.12. The van der Waals surface area contributed by atoms with Crippen LogP contribution in [-0.2, 0) is 26.1 Å². The second-order valence-electron chi connectivity index (χ2n) is 6.99. The van der Waals surface area contributed by atoms with Crippen molar-refractivity contribution in [1.29, 1.82) is 0 Å². The van der Waals surface area contributed by atoms with Gasteiger partial charge in [0.25, 0.3) is 0 Å². The number of alkyl halides is 3. The molecular formula is C20H22F3N3O4S2. The molecule has 0 aliphatic carbocycles. The first kappa shape index (κ1) is 24.5. The summed E-state index contributed by atoms with van der Waals surface area (Å²) in [5, 5.41) is 0.339. The molecule has 1 aromatic heterocycles. The lowest BCUT2D eigenvalue weighted by molar-refractivity contribution is -0.160. The van der Waals surface area contributed by atoms with Gasteiger partial charge in [-0.1, -0.05) is 42.1 Å². The Balaban J connectivity index is 1.63. The number of morpholine rings is 1. The third kappa shape index (κ3) is 6.92. The Morgan fingerprint density at radius 3 is 2.41 bits per heavy atom. The van der Waals surface area contributed by atoms with Crippen molar-refractivity contribution in [1.82, 2.24) is 14.2 Å². The Bertz CT molecular complexity index is 997. The van der Waals surface area contributed by atoms with Crippen molar-refractivity contribution in [2.24, 2.45) is 0 Å². The van der Waals surface area contributed by atoms with Gasteiger partial charge >= 0.3 is 6.18 Å². The largest absolute Gasteiger partial charge is 0.406 e. The summed E-state index contributed by atoms with van der Waals surface area (Å²) in [6.45, 7) is -0.372. The highest BCUT2D eigenvalue weighted by atomic mass is 32.2. The average Bonchev–Trinajstić information content (AvgIpc) is 2.78. The molecule has 32 heavy (non-hydrogen) atoms. The maximum absolute atomic E-state index is 13.0. The number of sulfonamides is 1. The maximum Gasteiger partial charge on any atom is 0.406 e. The standard InChI is InChI=1S/C20H22F3N3O4S2/c21-20(22,23)15-25(13-16-4-2-1-3-5-16)19(27)14-31-18-7-6-17(12-24-18)32(28,29)26-8-10-30-11-9-26/h1-7,12H,8-11,13-15H2. The average molecular weight is 490 g/mol. The lowest BCUT2D eigenvalue weighted by atomic mass is 10.2. The molecule has 1 aliphatic heterocycles. The van der Waals surface area contributed by atoms with Gasteiger partial charge in [-0.2, -0.15) is 17.5 Å². The van der Waals surface area contributed by atoms with Crippen LogP contribution in [-0.4, -0.2) is 73.3 Å². The van der Waals surface area contributed by atoms with Gasteiger partial charge in [0.1, 0.15) is 11.4 Å². The molecule has 1 fully saturated rings. The molecule has 174 valence electrons. The SMILES string of the molecule is O=C(CSc1ccc(S(=O)(=O)N2CCOCC2)cn1)N(Cc1ccccc1)CC(F)(F)F. The molecule has 1 aliphatic rings. The van der Waals surface area contributed by atoms with Crippen molar-refractivity contribution in [3.05, 3.63) is 54.2 Å². The Kier molecular flexibility index (Phi) is 8.15. The topological polar surface area (TPSA) is 79.8 Å². The van der Waals surface area contributed by atoms with E-state index in [1.54, 1.807) is 30.3 Å². The van der Waals surface area contributed by atoms with Crippen LogP contribution in [0.4, 0.5) is 13.2 Å². The van der Waals surface area contributed by atoms with Gasteiger partial charge in [0.05, 0.1) is 24.0 Å². The molecule has 0 unspecified atom stereocenters. The minimum atomic E-state index is -4.52. The van der Waals surface area contributed by atoms with Gasteiger partial charge in [0.2, 0.25) is 15.9 Å². The zero-order chi connectivity index (χ0) is 23.2. The summed E-state index contributed by atoms with van der Waals surface area (Å²) in [5.74, 6) is -0.950. The molecule has 1 amide bonds. The monoisotopic (exact) mass is 489 g/mol. The van der Waals surface area contributed by atoms with Crippen molar-refractivity contribution < 1.29 is 31.1 Å². The Morgan fingerprint density at radius 1 is 1.12 bits per heavy atom. The van der Waals surface area contributed by atoms with Crippen molar-refractivity contribution in [3.8, 4) is 0 Å². The van der Waals surface area contributed by atoms with Gasteiger partial charge in [-0.3, -0.25) is 4.79 Å². The zero-order valence-electron chi connectivity index (χ0n) is 17.0. The highest BCUT2D eigenvalue weighted by Gasteiger charge is 2.33. The molecule has 1 saturated heterocycles. The van der Waals surface area contributed by atoms with E-state index >= 15 is 0 Å². The van der Waals surface area contributed by atoms with E-state index in [1.165, 1.54) is 22.6 Å². The van der Waals surface area contributed by atoms with Gasteiger partial charge in [-0.15, -0.1) is 0 Å². The summed E-state index contributed by atoms with van der Waals surface area (Å²) in [7, 11) is -3.70. The number of pyridine rings is 1. The number of benzene rings is 1. The van der Waals surface area contributed by atoms with Gasteiger partial charge in [-0.25, -0.2) is 13.4 Å². The molecule has 0 saturated carbocycles. The van der Waals surface area contributed by atoms with E-state index in [9.17, 15) is 26.4 Å². The van der Waals surface area contributed by atoms with E-state index in [2.05, 4.69) is 4.98 Å². The molecule has 0 spiro atoms. The molecule has 12 heteroatoms. The van der Waals surface area contributed by atoms with Gasteiger partial charge in [-0.05, 0) is 17.7 Å². The van der Waals surface area contributed by atoms with E-state index in [0.29, 0.717) is 23.8 Å². The minimum Gasteiger partial charge on any atom is -0.379 e. The highest BCUT2D eigenvalue weighted by molar-refractivity contribution is 7.99. The molecule has 0 radical (unpaired) electrons. The van der Waals surface area contributed by atoms with E-state index in [1.807, 2.05) is 0 Å². The van der Waals surface area contributed by atoms with Crippen LogP contribution in [0.25, 0.3) is 0 Å². The van der Waals surface area contributed by atoms with Gasteiger partial charge < -0.3 is 9.64 Å². The number of ether oxygens (including phenoxy) is 1. The van der Waals surface area contributed by atoms with E-state index in [-0.39, 0.29) is 30.3 Å².